The predicted molar refractivity (Wildman–Crippen MR) is 149 cm³/mol. The number of carbonyl (C=O) groups excluding carboxylic acids is 2. The third kappa shape index (κ3) is 7.81. The minimum Gasteiger partial charge on any atom is -0.486 e. The number of nitrogens with one attached hydrogen (secondary N) is 1. The van der Waals surface area contributed by atoms with E-state index in [1.54, 1.807) is 26.8 Å². The molecule has 0 saturated carbocycles. The van der Waals surface area contributed by atoms with E-state index in [-0.39, 0.29) is 37.4 Å². The minimum atomic E-state index is -4.76. The standard InChI is InChI=1S/C30H31F3N2O6S/c1-29(2,3)41-28(37)15-21-12-13-26-25(14-21)35(42(38,39)24-11-7-10-22(16-24)30(31,32)33)19-23(40-26)17-27(36)34-18-20-8-5-4-6-9-20/h4-14,16,23H,15,17-19H2,1-3H3,(H,34,36)/t23-/m0/s1. The first-order valence-electron chi connectivity index (χ1n) is 13.1. The fourth-order valence-electron chi connectivity index (χ4n) is 4.38. The summed E-state index contributed by atoms with van der Waals surface area (Å²) in [6.45, 7) is 5.05. The molecule has 12 heteroatoms. The second kappa shape index (κ2) is 12.0. The van der Waals surface area contributed by atoms with E-state index in [4.69, 9.17) is 9.47 Å². The Hall–Kier alpha value is -4.06. The van der Waals surface area contributed by atoms with Crippen LogP contribution in [0.5, 0.6) is 5.75 Å². The van der Waals surface area contributed by atoms with Crippen molar-refractivity contribution in [2.24, 2.45) is 0 Å². The lowest BCUT2D eigenvalue weighted by Gasteiger charge is -2.35. The van der Waals surface area contributed by atoms with Gasteiger partial charge in [0.25, 0.3) is 10.0 Å². The van der Waals surface area contributed by atoms with Gasteiger partial charge in [-0.05, 0) is 62.2 Å². The van der Waals surface area contributed by atoms with Gasteiger partial charge in [0.15, 0.2) is 0 Å². The molecule has 0 unspecified atom stereocenters. The zero-order valence-electron chi connectivity index (χ0n) is 23.3. The summed E-state index contributed by atoms with van der Waals surface area (Å²) in [5.41, 5.74) is -0.536. The smallest absolute Gasteiger partial charge is 0.416 e. The number of esters is 1. The number of hydrogen-bond acceptors (Lipinski definition) is 6. The Kier molecular flexibility index (Phi) is 8.86. The SMILES string of the molecule is CC(C)(C)OC(=O)Cc1ccc2c(c1)N(S(=O)(=O)c1cccc(C(F)(F)F)c1)C[C@H](CC(=O)NCc1ccccc1)O2. The molecule has 0 saturated heterocycles. The summed E-state index contributed by atoms with van der Waals surface area (Å²) in [4.78, 5) is 24.6. The second-order valence-electron chi connectivity index (χ2n) is 10.8. The van der Waals surface area contributed by atoms with E-state index in [0.29, 0.717) is 11.6 Å². The van der Waals surface area contributed by atoms with E-state index in [1.807, 2.05) is 30.3 Å². The van der Waals surface area contributed by atoms with Gasteiger partial charge in [-0.15, -0.1) is 0 Å². The molecule has 224 valence electrons. The quantitative estimate of drug-likeness (QED) is 0.353. The van der Waals surface area contributed by atoms with Gasteiger partial charge >= 0.3 is 12.1 Å². The summed E-state index contributed by atoms with van der Waals surface area (Å²) in [5.74, 6) is -0.838. The van der Waals surface area contributed by atoms with Crippen LogP contribution in [-0.2, 0) is 43.5 Å². The van der Waals surface area contributed by atoms with Crippen LogP contribution >= 0.6 is 0 Å². The van der Waals surface area contributed by atoms with Gasteiger partial charge in [0.1, 0.15) is 17.5 Å². The molecule has 1 heterocycles. The van der Waals surface area contributed by atoms with Crippen molar-refractivity contribution in [2.75, 3.05) is 10.8 Å². The summed E-state index contributed by atoms with van der Waals surface area (Å²) < 4.78 is 80.1. The van der Waals surface area contributed by atoms with Crippen molar-refractivity contribution < 1.29 is 40.7 Å². The molecular weight excluding hydrogens is 573 g/mol. The summed E-state index contributed by atoms with van der Waals surface area (Å²) in [7, 11) is -4.55. The molecule has 4 rings (SSSR count). The van der Waals surface area contributed by atoms with E-state index in [1.165, 1.54) is 12.1 Å². The topological polar surface area (TPSA) is 102 Å². The number of sulfonamides is 1. The van der Waals surface area contributed by atoms with Gasteiger partial charge in [-0.3, -0.25) is 13.9 Å². The number of amides is 1. The maximum absolute atomic E-state index is 13.8. The van der Waals surface area contributed by atoms with Crippen LogP contribution in [0.15, 0.2) is 77.7 Å². The van der Waals surface area contributed by atoms with Crippen LogP contribution in [0, 0.1) is 0 Å². The first-order valence-corrected chi connectivity index (χ1v) is 14.6. The van der Waals surface area contributed by atoms with Crippen molar-refractivity contribution in [3.63, 3.8) is 0 Å². The molecule has 3 aromatic carbocycles. The van der Waals surface area contributed by atoms with Gasteiger partial charge in [-0.25, -0.2) is 8.42 Å². The lowest BCUT2D eigenvalue weighted by Crippen LogP contribution is -2.45. The van der Waals surface area contributed by atoms with E-state index in [9.17, 15) is 31.2 Å². The maximum Gasteiger partial charge on any atom is 0.416 e. The molecular formula is C30H31F3N2O6S. The number of carbonyl (C=O) groups is 2. The van der Waals surface area contributed by atoms with E-state index >= 15 is 0 Å². The van der Waals surface area contributed by atoms with Crippen LogP contribution in [0.3, 0.4) is 0 Å². The summed E-state index contributed by atoms with van der Waals surface area (Å²) in [6.07, 6.45) is -6.08. The molecule has 8 nitrogen and oxygen atoms in total. The minimum absolute atomic E-state index is 0.0365. The highest BCUT2D eigenvalue weighted by atomic mass is 32.2. The number of benzene rings is 3. The number of nitrogens with zero attached hydrogens (tertiary/aromatic N) is 1. The van der Waals surface area contributed by atoms with Crippen molar-refractivity contribution >= 4 is 27.6 Å². The lowest BCUT2D eigenvalue weighted by molar-refractivity contribution is -0.154. The van der Waals surface area contributed by atoms with Crippen molar-refractivity contribution in [1.29, 1.82) is 0 Å². The average Bonchev–Trinajstić information content (AvgIpc) is 2.90. The third-order valence-electron chi connectivity index (χ3n) is 6.22. The van der Waals surface area contributed by atoms with Crippen LogP contribution in [0.2, 0.25) is 0 Å². The molecule has 0 aromatic heterocycles. The Morgan fingerprint density at radius 2 is 1.69 bits per heavy atom. The van der Waals surface area contributed by atoms with Crippen LogP contribution in [0.4, 0.5) is 18.9 Å². The van der Waals surface area contributed by atoms with Gasteiger partial charge in [-0.2, -0.15) is 13.2 Å². The first-order chi connectivity index (χ1) is 19.6. The van der Waals surface area contributed by atoms with E-state index < -0.39 is 50.2 Å². The molecule has 0 fully saturated rings. The Bertz CT molecular complexity index is 1550. The fraction of sp³-hybridized carbons (Fsp3) is 0.333. The zero-order valence-corrected chi connectivity index (χ0v) is 24.1. The van der Waals surface area contributed by atoms with Gasteiger partial charge in [0.2, 0.25) is 5.91 Å². The Morgan fingerprint density at radius 1 is 0.976 bits per heavy atom. The van der Waals surface area contributed by atoms with Gasteiger partial charge in [0.05, 0.1) is 35.5 Å². The van der Waals surface area contributed by atoms with Crippen LogP contribution < -0.4 is 14.4 Å². The molecule has 0 radical (unpaired) electrons. The number of halogens is 3. The van der Waals surface area contributed by atoms with Crippen LogP contribution in [0.25, 0.3) is 0 Å². The normalized spacial score (nSPS) is 15.4. The van der Waals surface area contributed by atoms with Gasteiger partial charge < -0.3 is 14.8 Å². The lowest BCUT2D eigenvalue weighted by atomic mass is 10.1. The van der Waals surface area contributed by atoms with Crippen molar-refractivity contribution in [3.05, 3.63) is 89.5 Å². The Labute approximate surface area is 242 Å². The van der Waals surface area contributed by atoms with Crippen molar-refractivity contribution in [2.45, 2.75) is 62.9 Å². The number of fused-ring (bicyclic) bond motifs is 1. The van der Waals surface area contributed by atoms with Crippen LogP contribution in [-0.4, -0.2) is 38.5 Å². The highest BCUT2D eigenvalue weighted by Crippen LogP contribution is 2.39. The average molecular weight is 605 g/mol. The molecule has 3 aromatic rings. The number of anilines is 1. The molecule has 42 heavy (non-hydrogen) atoms. The summed E-state index contributed by atoms with van der Waals surface area (Å²) in [6, 6.07) is 17.1. The number of alkyl halides is 3. The highest BCUT2D eigenvalue weighted by Gasteiger charge is 2.38. The molecule has 1 aliphatic rings. The predicted octanol–water partition coefficient (Wildman–Crippen LogP) is 5.25. The third-order valence-corrected chi connectivity index (χ3v) is 7.99. The molecule has 1 amide bonds. The molecule has 0 bridgehead atoms. The number of rotatable bonds is 8. The Morgan fingerprint density at radius 3 is 2.36 bits per heavy atom. The first kappa shape index (κ1) is 30.9. The van der Waals surface area contributed by atoms with Crippen molar-refractivity contribution in [3.8, 4) is 5.75 Å². The monoisotopic (exact) mass is 604 g/mol. The largest absolute Gasteiger partial charge is 0.486 e. The van der Waals surface area contributed by atoms with E-state index in [0.717, 1.165) is 28.1 Å². The Balaban J connectivity index is 1.64. The van der Waals surface area contributed by atoms with E-state index in [2.05, 4.69) is 5.32 Å². The van der Waals surface area contributed by atoms with Gasteiger partial charge in [-0.1, -0.05) is 42.5 Å². The summed E-state index contributed by atoms with van der Waals surface area (Å²) >= 11 is 0. The molecule has 1 N–H and O–H groups in total. The second-order valence-corrected chi connectivity index (χ2v) is 12.7. The number of hydrogen-bond donors (Lipinski definition) is 1. The molecule has 0 aliphatic carbocycles. The van der Waals surface area contributed by atoms with Crippen LogP contribution in [0.1, 0.15) is 43.9 Å². The molecule has 1 aliphatic heterocycles. The maximum atomic E-state index is 13.8. The molecule has 0 spiro atoms. The highest BCUT2D eigenvalue weighted by molar-refractivity contribution is 7.92. The zero-order chi connectivity index (χ0) is 30.7. The van der Waals surface area contributed by atoms with Gasteiger partial charge in [0, 0.05) is 6.54 Å². The molecule has 1 atom stereocenters. The fourth-order valence-corrected chi connectivity index (χ4v) is 5.93. The number of ether oxygens (including phenoxy) is 2. The van der Waals surface area contributed by atoms with Crippen molar-refractivity contribution in [1.82, 2.24) is 5.32 Å². The summed E-state index contributed by atoms with van der Waals surface area (Å²) in [5, 5.41) is 2.77.